The van der Waals surface area contributed by atoms with Gasteiger partial charge in [-0.05, 0) is 60.7 Å². The number of rotatable bonds is 8. The van der Waals surface area contributed by atoms with Crippen LogP contribution in [0.5, 0.6) is 0 Å². The van der Waals surface area contributed by atoms with Crippen LogP contribution < -0.4 is 15.8 Å². The monoisotopic (exact) mass is 318 g/mol. The summed E-state index contributed by atoms with van der Waals surface area (Å²) in [6.07, 6.45) is 5.52. The topological polar surface area (TPSA) is 15.3 Å². The van der Waals surface area contributed by atoms with Crippen molar-refractivity contribution in [3.8, 4) is 0 Å². The number of hydrogen-bond acceptors (Lipinski definition) is 3. The van der Waals surface area contributed by atoms with Crippen molar-refractivity contribution in [2.75, 3.05) is 20.1 Å². The highest BCUT2D eigenvalue weighted by Crippen LogP contribution is 2.22. The van der Waals surface area contributed by atoms with E-state index in [4.69, 9.17) is 0 Å². The molecule has 0 fully saturated rings. The molecule has 0 aromatic heterocycles. The second kappa shape index (κ2) is 9.75. The molecule has 1 aromatic carbocycles. The summed E-state index contributed by atoms with van der Waals surface area (Å²) in [5, 5.41) is 5.74. The average molecular weight is 319 g/mol. The van der Waals surface area contributed by atoms with Crippen LogP contribution in [0.3, 0.4) is 0 Å². The van der Waals surface area contributed by atoms with E-state index in [1.165, 1.54) is 21.8 Å². The molecule has 0 radical (unpaired) electrons. The Morgan fingerprint density at radius 1 is 1.27 bits per heavy atom. The van der Waals surface area contributed by atoms with Gasteiger partial charge in [0, 0.05) is 30.7 Å². The highest BCUT2D eigenvalue weighted by Gasteiger charge is 2.09. The summed E-state index contributed by atoms with van der Waals surface area (Å²) < 4.78 is 2.39. The Morgan fingerprint density at radius 3 is 2.50 bits per heavy atom. The van der Waals surface area contributed by atoms with Crippen LogP contribution >= 0.6 is 11.9 Å². The van der Waals surface area contributed by atoms with Crippen molar-refractivity contribution in [1.82, 2.24) is 9.62 Å². The van der Waals surface area contributed by atoms with E-state index in [1.807, 2.05) is 19.0 Å². The molecule has 0 atom stereocenters. The van der Waals surface area contributed by atoms with Crippen LogP contribution in [0.25, 0.3) is 12.2 Å². The third-order valence-corrected chi connectivity index (χ3v) is 4.63. The van der Waals surface area contributed by atoms with Crippen molar-refractivity contribution in [3.63, 3.8) is 0 Å². The van der Waals surface area contributed by atoms with Crippen molar-refractivity contribution >= 4 is 24.1 Å². The minimum absolute atomic E-state index is 0.711. The molecule has 3 heteroatoms. The van der Waals surface area contributed by atoms with Crippen molar-refractivity contribution < 1.29 is 0 Å². The minimum Gasteiger partial charge on any atom is -0.391 e. The lowest BCUT2D eigenvalue weighted by atomic mass is 10.1. The lowest BCUT2D eigenvalue weighted by molar-refractivity contribution is 0.437. The van der Waals surface area contributed by atoms with Gasteiger partial charge in [-0.15, -0.1) is 0 Å². The van der Waals surface area contributed by atoms with E-state index in [2.05, 4.69) is 74.2 Å². The molecule has 0 saturated carbocycles. The fraction of sp³-hybridized carbons (Fsp3) is 0.474. The van der Waals surface area contributed by atoms with Gasteiger partial charge in [-0.25, -0.2) is 4.31 Å². The van der Waals surface area contributed by atoms with Gasteiger partial charge in [-0.3, -0.25) is 0 Å². The Kier molecular flexibility index (Phi) is 8.36. The third kappa shape index (κ3) is 6.29. The van der Waals surface area contributed by atoms with Crippen molar-refractivity contribution in [1.29, 1.82) is 0 Å². The summed E-state index contributed by atoms with van der Waals surface area (Å²) in [5.74, 6) is 0.711. The molecule has 0 bridgehead atoms. The molecule has 22 heavy (non-hydrogen) atoms. The molecule has 0 aliphatic carbocycles. The Bertz CT molecular complexity index is 590. The van der Waals surface area contributed by atoms with Crippen LogP contribution in [0.15, 0.2) is 35.4 Å². The first-order valence-electron chi connectivity index (χ1n) is 8.01. The maximum Gasteiger partial charge on any atom is 0.0485 e. The Labute approximate surface area is 140 Å². The van der Waals surface area contributed by atoms with Crippen molar-refractivity contribution in [3.05, 3.63) is 40.9 Å². The van der Waals surface area contributed by atoms with E-state index in [1.54, 1.807) is 0 Å². The molecule has 0 amide bonds. The van der Waals surface area contributed by atoms with Crippen LogP contribution in [0.1, 0.15) is 34.1 Å². The first-order chi connectivity index (χ1) is 10.5. The van der Waals surface area contributed by atoms with E-state index in [-0.39, 0.29) is 0 Å². The number of hydrogen-bond donors (Lipinski definition) is 1. The van der Waals surface area contributed by atoms with E-state index >= 15 is 0 Å². The van der Waals surface area contributed by atoms with Gasteiger partial charge >= 0.3 is 0 Å². The second-order valence-electron chi connectivity index (χ2n) is 5.86. The molecule has 1 rings (SSSR count). The summed E-state index contributed by atoms with van der Waals surface area (Å²) in [5.41, 5.74) is 1.05. The third-order valence-electron chi connectivity index (χ3n) is 3.59. The van der Waals surface area contributed by atoms with Gasteiger partial charge in [0.15, 0.2) is 0 Å². The molecular formula is C19H30N2S. The second-order valence-corrected chi connectivity index (χ2v) is 7.03. The molecule has 2 nitrogen and oxygen atoms in total. The summed E-state index contributed by atoms with van der Waals surface area (Å²) >= 11 is 1.82. The van der Waals surface area contributed by atoms with E-state index < -0.39 is 0 Å². The lowest BCUT2D eigenvalue weighted by Crippen LogP contribution is -2.26. The van der Waals surface area contributed by atoms with Gasteiger partial charge < -0.3 is 5.32 Å². The number of likely N-dealkylation sites (N-methyl/N-ethyl adjacent to an activating group) is 1. The quantitative estimate of drug-likeness (QED) is 0.740. The molecule has 122 valence electrons. The number of nitrogens with zero attached hydrogens (tertiary/aromatic N) is 1. The lowest BCUT2D eigenvalue weighted by Gasteiger charge is -2.23. The first-order valence-corrected chi connectivity index (χ1v) is 8.78. The zero-order chi connectivity index (χ0) is 16.5. The van der Waals surface area contributed by atoms with E-state index in [9.17, 15) is 0 Å². The highest BCUT2D eigenvalue weighted by molar-refractivity contribution is 7.97. The fourth-order valence-corrected chi connectivity index (χ4v) is 3.15. The molecule has 1 N–H and O–H groups in total. The molecule has 0 spiro atoms. The average Bonchev–Trinajstić information content (AvgIpc) is 2.52. The van der Waals surface area contributed by atoms with Crippen LogP contribution in [0, 0.1) is 5.92 Å². The van der Waals surface area contributed by atoms with Crippen molar-refractivity contribution in [2.45, 2.75) is 39.0 Å². The van der Waals surface area contributed by atoms with E-state index in [0.717, 1.165) is 18.8 Å². The summed E-state index contributed by atoms with van der Waals surface area (Å²) in [6, 6.07) is 6.67. The zero-order valence-electron chi connectivity index (χ0n) is 14.6. The van der Waals surface area contributed by atoms with E-state index in [0.29, 0.717) is 5.92 Å². The summed E-state index contributed by atoms with van der Waals surface area (Å²) in [7, 11) is 1.93. The van der Waals surface area contributed by atoms with Gasteiger partial charge in [0.1, 0.15) is 0 Å². The smallest absolute Gasteiger partial charge is 0.0485 e. The molecule has 1 aromatic rings. The van der Waals surface area contributed by atoms with Crippen LogP contribution in [0.4, 0.5) is 0 Å². The molecule has 0 heterocycles. The van der Waals surface area contributed by atoms with Crippen LogP contribution in [-0.2, 0) is 0 Å². The summed E-state index contributed by atoms with van der Waals surface area (Å²) in [4.78, 5) is 1.28. The van der Waals surface area contributed by atoms with Gasteiger partial charge in [0.25, 0.3) is 0 Å². The van der Waals surface area contributed by atoms with Gasteiger partial charge in [-0.2, -0.15) is 0 Å². The van der Waals surface area contributed by atoms with Crippen LogP contribution in [0.2, 0.25) is 0 Å². The van der Waals surface area contributed by atoms with Gasteiger partial charge in [-0.1, -0.05) is 38.6 Å². The Morgan fingerprint density at radius 2 is 1.95 bits per heavy atom. The van der Waals surface area contributed by atoms with Gasteiger partial charge in [0.2, 0.25) is 0 Å². The highest BCUT2D eigenvalue weighted by atomic mass is 32.2. The number of nitrogens with one attached hydrogen (secondary N) is 1. The Hall–Kier alpha value is -1.19. The van der Waals surface area contributed by atoms with Gasteiger partial charge in [0.05, 0.1) is 0 Å². The molecule has 0 aliphatic rings. The molecule has 0 unspecified atom stereocenters. The predicted octanol–water partition coefficient (Wildman–Crippen LogP) is 3.38. The molecular weight excluding hydrogens is 288 g/mol. The van der Waals surface area contributed by atoms with Crippen LogP contribution in [-0.4, -0.2) is 24.4 Å². The SMILES string of the molecule is C=C(CN(CCC(C)C)Sc1ccc(=C/C)/c(=C\C)c1)NC. The molecule has 0 saturated heterocycles. The normalized spacial score (nSPS) is 13.2. The molecule has 0 aliphatic heterocycles. The first kappa shape index (κ1) is 18.9. The minimum atomic E-state index is 0.711. The standard InChI is InChI=1S/C19H30N2S/c1-7-17-9-10-19(13-18(17)8-2)22-21(12-11-15(3)4)14-16(5)20-6/h7-10,13,15,20H,5,11-12,14H2,1-4,6H3/b17-7-,18-8-. The predicted molar refractivity (Wildman–Crippen MR) is 101 cm³/mol. The zero-order valence-corrected chi connectivity index (χ0v) is 15.5. The number of benzene rings is 1. The maximum atomic E-state index is 4.07. The van der Waals surface area contributed by atoms with Crippen molar-refractivity contribution in [2.24, 2.45) is 5.92 Å². The Balaban J connectivity index is 2.90. The largest absolute Gasteiger partial charge is 0.391 e. The fourth-order valence-electron chi connectivity index (χ4n) is 2.12. The summed E-state index contributed by atoms with van der Waals surface area (Å²) in [6.45, 7) is 14.7. The maximum absolute atomic E-state index is 4.07.